The minimum Gasteiger partial charge on any atom is -0.451 e. The first-order valence-corrected chi connectivity index (χ1v) is 4.05. The second kappa shape index (κ2) is 3.05. The number of oxazole rings is 1. The molecular weight excluding hydrogens is 140 g/mol. The van der Waals surface area contributed by atoms with Gasteiger partial charge in [0.2, 0.25) is 0 Å². The summed E-state index contributed by atoms with van der Waals surface area (Å²) in [6, 6.07) is 0. The Balaban J connectivity index is 2.04. The highest BCUT2D eigenvalue weighted by Gasteiger charge is 2.16. The summed E-state index contributed by atoms with van der Waals surface area (Å²) in [5.41, 5.74) is 1.09. The molecule has 1 saturated heterocycles. The van der Waals surface area contributed by atoms with Crippen molar-refractivity contribution in [3.63, 3.8) is 0 Å². The number of hydrogen-bond acceptors (Lipinski definition) is 3. The maximum Gasteiger partial charge on any atom is 0.180 e. The second-order valence-electron chi connectivity index (χ2n) is 2.96. The molecule has 1 unspecified atom stereocenters. The van der Waals surface area contributed by atoms with E-state index in [2.05, 4.69) is 10.3 Å². The van der Waals surface area contributed by atoms with Crippen molar-refractivity contribution in [3.8, 4) is 0 Å². The molecule has 0 saturated carbocycles. The molecule has 0 bridgehead atoms. The van der Waals surface area contributed by atoms with E-state index in [1.54, 1.807) is 6.26 Å². The highest BCUT2D eigenvalue weighted by atomic mass is 16.3. The van der Waals surface area contributed by atoms with Crippen LogP contribution < -0.4 is 5.32 Å². The Labute approximate surface area is 65.8 Å². The van der Waals surface area contributed by atoms with E-state index >= 15 is 0 Å². The Morgan fingerprint density at radius 2 is 2.64 bits per heavy atom. The maximum absolute atomic E-state index is 4.93. The lowest BCUT2D eigenvalue weighted by molar-refractivity contribution is 0.453. The van der Waals surface area contributed by atoms with Crippen LogP contribution in [0.15, 0.2) is 17.1 Å². The molecule has 0 amide bonds. The van der Waals surface area contributed by atoms with Gasteiger partial charge < -0.3 is 9.73 Å². The second-order valence-corrected chi connectivity index (χ2v) is 2.96. The molecule has 1 atom stereocenters. The van der Waals surface area contributed by atoms with Crippen LogP contribution in [-0.2, 0) is 0 Å². The van der Waals surface area contributed by atoms with Crippen molar-refractivity contribution in [2.75, 3.05) is 13.1 Å². The van der Waals surface area contributed by atoms with Gasteiger partial charge in [-0.25, -0.2) is 4.98 Å². The van der Waals surface area contributed by atoms with Crippen LogP contribution in [-0.4, -0.2) is 18.1 Å². The number of nitrogens with zero attached hydrogens (tertiary/aromatic N) is 1. The third-order valence-electron chi connectivity index (χ3n) is 2.17. The van der Waals surface area contributed by atoms with Crippen molar-refractivity contribution >= 4 is 0 Å². The molecule has 1 fully saturated rings. The lowest BCUT2D eigenvalue weighted by Crippen LogP contribution is -2.28. The Kier molecular flexibility index (Phi) is 1.90. The van der Waals surface area contributed by atoms with Crippen molar-refractivity contribution in [1.82, 2.24) is 10.3 Å². The fourth-order valence-electron chi connectivity index (χ4n) is 1.53. The van der Waals surface area contributed by atoms with E-state index in [9.17, 15) is 0 Å². The molecule has 11 heavy (non-hydrogen) atoms. The average molecular weight is 152 g/mol. The Morgan fingerprint density at radius 3 is 3.27 bits per heavy atom. The molecule has 0 aromatic carbocycles. The van der Waals surface area contributed by atoms with Gasteiger partial charge in [0.05, 0.1) is 5.69 Å². The van der Waals surface area contributed by atoms with E-state index in [1.165, 1.54) is 19.2 Å². The first kappa shape index (κ1) is 6.85. The molecule has 2 rings (SSSR count). The van der Waals surface area contributed by atoms with Crippen LogP contribution >= 0.6 is 0 Å². The van der Waals surface area contributed by atoms with Gasteiger partial charge in [0, 0.05) is 12.5 Å². The Bertz CT molecular complexity index is 202. The third kappa shape index (κ3) is 1.43. The fourth-order valence-corrected chi connectivity index (χ4v) is 1.53. The molecule has 3 heteroatoms. The van der Waals surface area contributed by atoms with Gasteiger partial charge >= 0.3 is 0 Å². The topological polar surface area (TPSA) is 38.1 Å². The van der Waals surface area contributed by atoms with Crippen LogP contribution in [0.1, 0.15) is 24.5 Å². The quantitative estimate of drug-likeness (QED) is 0.655. The fraction of sp³-hybridized carbons (Fsp3) is 0.625. The predicted molar refractivity (Wildman–Crippen MR) is 41.3 cm³/mol. The number of piperidine rings is 1. The standard InChI is InChI=1S/C8H12N2O/c1-2-7(4-9-3-1)8-5-11-6-10-8/h5-7,9H,1-4H2. The molecule has 0 aliphatic carbocycles. The van der Waals surface area contributed by atoms with Crippen molar-refractivity contribution in [2.24, 2.45) is 0 Å². The lowest BCUT2D eigenvalue weighted by atomic mass is 9.97. The zero-order valence-corrected chi connectivity index (χ0v) is 6.42. The van der Waals surface area contributed by atoms with E-state index in [-0.39, 0.29) is 0 Å². The van der Waals surface area contributed by atoms with Gasteiger partial charge in [-0.05, 0) is 19.4 Å². The average Bonchev–Trinajstić information content (AvgIpc) is 2.58. The summed E-state index contributed by atoms with van der Waals surface area (Å²) >= 11 is 0. The number of nitrogens with one attached hydrogen (secondary N) is 1. The first-order chi connectivity index (χ1) is 5.47. The summed E-state index contributed by atoms with van der Waals surface area (Å²) in [4.78, 5) is 4.13. The molecule has 1 aromatic rings. The van der Waals surface area contributed by atoms with E-state index in [1.807, 2.05) is 0 Å². The Hall–Kier alpha value is -0.830. The lowest BCUT2D eigenvalue weighted by Gasteiger charge is -2.20. The predicted octanol–water partition coefficient (Wildman–Crippen LogP) is 1.14. The minimum absolute atomic E-state index is 0.572. The van der Waals surface area contributed by atoms with E-state index in [0.29, 0.717) is 5.92 Å². The van der Waals surface area contributed by atoms with Crippen LogP contribution in [0.2, 0.25) is 0 Å². The highest BCUT2D eigenvalue weighted by Crippen LogP contribution is 2.20. The summed E-state index contributed by atoms with van der Waals surface area (Å²) in [6.45, 7) is 2.20. The minimum atomic E-state index is 0.572. The Morgan fingerprint density at radius 1 is 1.64 bits per heavy atom. The molecule has 3 nitrogen and oxygen atoms in total. The number of rotatable bonds is 1. The van der Waals surface area contributed by atoms with Crippen LogP contribution in [0.5, 0.6) is 0 Å². The summed E-state index contributed by atoms with van der Waals surface area (Å²) < 4.78 is 4.93. The van der Waals surface area contributed by atoms with Crippen molar-refractivity contribution in [3.05, 3.63) is 18.4 Å². The molecule has 1 N–H and O–H groups in total. The van der Waals surface area contributed by atoms with E-state index in [4.69, 9.17) is 4.42 Å². The normalized spacial score (nSPS) is 25.3. The molecular formula is C8H12N2O. The van der Waals surface area contributed by atoms with Gasteiger partial charge in [-0.3, -0.25) is 0 Å². The van der Waals surface area contributed by atoms with Gasteiger partial charge in [-0.15, -0.1) is 0 Å². The molecule has 0 radical (unpaired) electrons. The van der Waals surface area contributed by atoms with Crippen LogP contribution in [0.4, 0.5) is 0 Å². The SMILES string of the molecule is c1nc(C2CCCNC2)co1. The van der Waals surface area contributed by atoms with Crippen LogP contribution in [0, 0.1) is 0 Å². The zero-order valence-electron chi connectivity index (χ0n) is 6.42. The molecule has 0 spiro atoms. The van der Waals surface area contributed by atoms with Crippen LogP contribution in [0.25, 0.3) is 0 Å². The van der Waals surface area contributed by atoms with Gasteiger partial charge in [-0.2, -0.15) is 0 Å². The van der Waals surface area contributed by atoms with Gasteiger partial charge in [0.1, 0.15) is 6.26 Å². The summed E-state index contributed by atoms with van der Waals surface area (Å²) in [6.07, 6.45) is 5.73. The molecule has 1 aliphatic rings. The monoisotopic (exact) mass is 152 g/mol. The molecule has 2 heterocycles. The number of aromatic nitrogens is 1. The van der Waals surface area contributed by atoms with Crippen molar-refractivity contribution < 1.29 is 4.42 Å². The number of hydrogen-bond donors (Lipinski definition) is 1. The molecule has 60 valence electrons. The molecule has 1 aromatic heterocycles. The van der Waals surface area contributed by atoms with Gasteiger partial charge in [0.25, 0.3) is 0 Å². The highest BCUT2D eigenvalue weighted by molar-refractivity contribution is 5.03. The smallest absolute Gasteiger partial charge is 0.180 e. The first-order valence-electron chi connectivity index (χ1n) is 4.05. The van der Waals surface area contributed by atoms with Crippen LogP contribution in [0.3, 0.4) is 0 Å². The zero-order chi connectivity index (χ0) is 7.52. The van der Waals surface area contributed by atoms with Crippen molar-refractivity contribution in [2.45, 2.75) is 18.8 Å². The van der Waals surface area contributed by atoms with Crippen molar-refractivity contribution in [1.29, 1.82) is 0 Å². The largest absolute Gasteiger partial charge is 0.451 e. The summed E-state index contributed by atoms with van der Waals surface area (Å²) in [7, 11) is 0. The maximum atomic E-state index is 4.93. The molecule has 1 aliphatic heterocycles. The third-order valence-corrected chi connectivity index (χ3v) is 2.17. The summed E-state index contributed by atoms with van der Waals surface area (Å²) in [5.74, 6) is 0.572. The van der Waals surface area contributed by atoms with E-state index in [0.717, 1.165) is 18.8 Å². The van der Waals surface area contributed by atoms with E-state index < -0.39 is 0 Å². The van der Waals surface area contributed by atoms with Gasteiger partial charge in [0.15, 0.2) is 6.39 Å². The summed E-state index contributed by atoms with van der Waals surface area (Å²) in [5, 5.41) is 3.34. The van der Waals surface area contributed by atoms with Gasteiger partial charge in [-0.1, -0.05) is 0 Å².